The number of carbonyl (C=O) groups excluding carboxylic acids is 2. The first kappa shape index (κ1) is 14.4. The Morgan fingerprint density at radius 1 is 0.556 bits per heavy atom. The lowest BCUT2D eigenvalue weighted by Gasteiger charge is -2.14. The second kappa shape index (κ2) is 4.92. The second-order valence-electron chi connectivity index (χ2n) is 6.91. The topological polar surface area (TPSA) is 43.4 Å². The van der Waals surface area contributed by atoms with Crippen LogP contribution in [0.5, 0.6) is 0 Å². The Morgan fingerprint density at radius 3 is 2.00 bits per heavy atom. The summed E-state index contributed by atoms with van der Waals surface area (Å²) in [7, 11) is 0. The minimum Gasteiger partial charge on any atom is -0.386 e. The van der Waals surface area contributed by atoms with Gasteiger partial charge in [-0.15, -0.1) is 0 Å². The van der Waals surface area contributed by atoms with Gasteiger partial charge in [0.25, 0.3) is 0 Å². The lowest BCUT2D eigenvalue weighted by Crippen LogP contribution is -1.96. The molecule has 0 aromatic heterocycles. The van der Waals surface area contributed by atoms with Gasteiger partial charge in [-0.3, -0.25) is 0 Å². The zero-order valence-corrected chi connectivity index (χ0v) is 14.2. The third-order valence-corrected chi connectivity index (χ3v) is 5.48. The number of cyclic esters (lactones) is 2. The number of carbonyl (C=O) groups is 2. The van der Waals surface area contributed by atoms with Gasteiger partial charge in [0.2, 0.25) is 0 Å². The summed E-state index contributed by atoms with van der Waals surface area (Å²) in [5.74, 6) is -1.15. The first-order valence-corrected chi connectivity index (χ1v) is 8.78. The average Bonchev–Trinajstić information content (AvgIpc) is 2.99. The third-order valence-electron chi connectivity index (χ3n) is 5.48. The summed E-state index contributed by atoms with van der Waals surface area (Å²) in [4.78, 5) is 23.7. The number of ether oxygens (including phenoxy) is 1. The van der Waals surface area contributed by atoms with Gasteiger partial charge in [-0.2, -0.15) is 0 Å². The summed E-state index contributed by atoms with van der Waals surface area (Å²) in [6.07, 6.45) is 0. The van der Waals surface area contributed by atoms with Gasteiger partial charge in [0, 0.05) is 0 Å². The van der Waals surface area contributed by atoms with Crippen LogP contribution >= 0.6 is 0 Å². The standard InChI is InChI=1S/C24H12O3/c25-23-19-11-8-16(12-20(19)24(26)27-23)17-9-6-15-5-4-13-2-1-3-14-7-10-18(17)22(15)21(13)14/h1-12H. The summed E-state index contributed by atoms with van der Waals surface area (Å²) in [6.45, 7) is 0. The van der Waals surface area contributed by atoms with Crippen molar-refractivity contribution in [1.29, 1.82) is 0 Å². The molecule has 0 radical (unpaired) electrons. The summed E-state index contributed by atoms with van der Waals surface area (Å²) in [5.41, 5.74) is 2.61. The molecule has 0 saturated heterocycles. The maximum atomic E-state index is 12.0. The van der Waals surface area contributed by atoms with E-state index in [1.807, 2.05) is 6.07 Å². The minimum atomic E-state index is -0.574. The van der Waals surface area contributed by atoms with E-state index in [2.05, 4.69) is 54.6 Å². The highest BCUT2D eigenvalue weighted by Crippen LogP contribution is 2.39. The van der Waals surface area contributed by atoms with E-state index in [-0.39, 0.29) is 0 Å². The lowest BCUT2D eigenvalue weighted by atomic mass is 9.89. The van der Waals surface area contributed by atoms with Crippen LogP contribution in [-0.2, 0) is 4.74 Å². The molecule has 3 nitrogen and oxygen atoms in total. The Balaban J connectivity index is 1.71. The molecule has 1 heterocycles. The van der Waals surface area contributed by atoms with Crippen LogP contribution in [0.25, 0.3) is 43.4 Å². The van der Waals surface area contributed by atoms with Crippen LogP contribution in [0.15, 0.2) is 72.8 Å². The van der Waals surface area contributed by atoms with Crippen molar-refractivity contribution < 1.29 is 14.3 Å². The maximum absolute atomic E-state index is 12.0. The molecule has 0 spiro atoms. The Hall–Kier alpha value is -3.72. The first-order valence-electron chi connectivity index (χ1n) is 8.78. The maximum Gasteiger partial charge on any atom is 0.346 e. The molecule has 0 saturated carbocycles. The van der Waals surface area contributed by atoms with Crippen LogP contribution < -0.4 is 0 Å². The van der Waals surface area contributed by atoms with E-state index < -0.39 is 11.9 Å². The van der Waals surface area contributed by atoms with E-state index in [9.17, 15) is 9.59 Å². The number of hydrogen-bond donors (Lipinski definition) is 0. The van der Waals surface area contributed by atoms with Crippen LogP contribution in [0.4, 0.5) is 0 Å². The summed E-state index contributed by atoms with van der Waals surface area (Å²) in [6, 6.07) is 24.4. The Labute approximate surface area is 154 Å². The molecule has 1 aliphatic rings. The zero-order chi connectivity index (χ0) is 18.1. The molecule has 0 fully saturated rings. The number of rotatable bonds is 1. The largest absolute Gasteiger partial charge is 0.386 e. The van der Waals surface area contributed by atoms with Gasteiger partial charge in [-0.25, -0.2) is 9.59 Å². The van der Waals surface area contributed by atoms with Crippen LogP contribution in [0.1, 0.15) is 20.7 Å². The molecule has 0 N–H and O–H groups in total. The van der Waals surface area contributed by atoms with Gasteiger partial charge < -0.3 is 4.74 Å². The monoisotopic (exact) mass is 348 g/mol. The fraction of sp³-hybridized carbons (Fsp3) is 0. The molecule has 3 heteroatoms. The summed E-state index contributed by atoms with van der Waals surface area (Å²) < 4.78 is 4.72. The number of benzene rings is 5. The molecule has 0 unspecified atom stereocenters. The van der Waals surface area contributed by atoms with Crippen LogP contribution in [-0.4, -0.2) is 11.9 Å². The normalized spacial score (nSPS) is 13.6. The minimum absolute atomic E-state index is 0.335. The molecule has 5 aromatic rings. The van der Waals surface area contributed by atoms with Crippen molar-refractivity contribution in [1.82, 2.24) is 0 Å². The van der Waals surface area contributed by atoms with Crippen LogP contribution in [0, 0.1) is 0 Å². The van der Waals surface area contributed by atoms with Crippen molar-refractivity contribution in [2.75, 3.05) is 0 Å². The lowest BCUT2D eigenvalue weighted by molar-refractivity contribution is 0.0444. The van der Waals surface area contributed by atoms with Gasteiger partial charge >= 0.3 is 11.9 Å². The third kappa shape index (κ3) is 1.86. The highest BCUT2D eigenvalue weighted by Gasteiger charge is 2.29. The average molecular weight is 348 g/mol. The van der Waals surface area contributed by atoms with Gasteiger partial charge in [0.1, 0.15) is 0 Å². The van der Waals surface area contributed by atoms with E-state index in [0.29, 0.717) is 11.1 Å². The fourth-order valence-corrected chi connectivity index (χ4v) is 4.24. The number of hydrogen-bond acceptors (Lipinski definition) is 3. The molecule has 6 rings (SSSR count). The molecule has 1 aliphatic heterocycles. The van der Waals surface area contributed by atoms with Gasteiger partial charge in [0.15, 0.2) is 0 Å². The van der Waals surface area contributed by atoms with Crippen molar-refractivity contribution in [3.63, 3.8) is 0 Å². The van der Waals surface area contributed by atoms with Crippen molar-refractivity contribution >= 4 is 44.3 Å². The Kier molecular flexibility index (Phi) is 2.63. The zero-order valence-electron chi connectivity index (χ0n) is 14.2. The second-order valence-corrected chi connectivity index (χ2v) is 6.91. The van der Waals surface area contributed by atoms with E-state index in [0.717, 1.165) is 16.5 Å². The van der Waals surface area contributed by atoms with Crippen molar-refractivity contribution in [3.8, 4) is 11.1 Å². The molecular weight excluding hydrogens is 336 g/mol. The van der Waals surface area contributed by atoms with Crippen molar-refractivity contribution in [3.05, 3.63) is 83.9 Å². The molecule has 126 valence electrons. The smallest absolute Gasteiger partial charge is 0.346 e. The quantitative estimate of drug-likeness (QED) is 0.226. The molecular formula is C24H12O3. The highest BCUT2D eigenvalue weighted by atomic mass is 16.6. The van der Waals surface area contributed by atoms with Gasteiger partial charge in [-0.05, 0) is 55.6 Å². The number of esters is 2. The molecule has 0 atom stereocenters. The van der Waals surface area contributed by atoms with Gasteiger partial charge in [-0.1, -0.05) is 60.7 Å². The van der Waals surface area contributed by atoms with Crippen LogP contribution in [0.2, 0.25) is 0 Å². The van der Waals surface area contributed by atoms with Crippen LogP contribution in [0.3, 0.4) is 0 Å². The van der Waals surface area contributed by atoms with E-state index in [1.165, 1.54) is 26.9 Å². The van der Waals surface area contributed by atoms with Gasteiger partial charge in [0.05, 0.1) is 11.1 Å². The molecule has 5 aromatic carbocycles. The Bertz CT molecular complexity index is 1410. The first-order chi connectivity index (χ1) is 13.2. The van der Waals surface area contributed by atoms with E-state index in [4.69, 9.17) is 4.74 Å². The SMILES string of the molecule is O=C1OC(=O)c2cc(-c3ccc4ccc5cccc6ccc3c4c56)ccc21. The Morgan fingerprint density at radius 2 is 1.19 bits per heavy atom. The van der Waals surface area contributed by atoms with E-state index >= 15 is 0 Å². The fourth-order valence-electron chi connectivity index (χ4n) is 4.24. The highest BCUT2D eigenvalue weighted by molar-refractivity contribution is 6.25. The van der Waals surface area contributed by atoms with Crippen molar-refractivity contribution in [2.45, 2.75) is 0 Å². The predicted octanol–water partition coefficient (Wildman–Crippen LogP) is 5.56. The molecule has 0 bridgehead atoms. The molecule has 0 aliphatic carbocycles. The molecule has 0 amide bonds. The summed E-state index contributed by atoms with van der Waals surface area (Å²) >= 11 is 0. The number of fused-ring (bicyclic) bond motifs is 1. The molecule has 27 heavy (non-hydrogen) atoms. The predicted molar refractivity (Wildman–Crippen MR) is 105 cm³/mol. The van der Waals surface area contributed by atoms with E-state index in [1.54, 1.807) is 12.1 Å². The summed E-state index contributed by atoms with van der Waals surface area (Å²) in [5, 5.41) is 7.23. The van der Waals surface area contributed by atoms with Crippen molar-refractivity contribution in [2.24, 2.45) is 0 Å².